The van der Waals surface area contributed by atoms with E-state index in [0.29, 0.717) is 18.5 Å². The Labute approximate surface area is 126 Å². The average Bonchev–Trinajstić information content (AvgIpc) is 3.17. The predicted octanol–water partition coefficient (Wildman–Crippen LogP) is 2.76. The summed E-state index contributed by atoms with van der Waals surface area (Å²) in [5.41, 5.74) is -0.876. The zero-order chi connectivity index (χ0) is 15.8. The van der Waals surface area contributed by atoms with Gasteiger partial charge in [-0.05, 0) is 37.8 Å². The molecular weight excluding hydrogens is 324 g/mol. The second kappa shape index (κ2) is 5.88. The molecule has 0 radical (unpaired) electrons. The van der Waals surface area contributed by atoms with E-state index in [0.717, 1.165) is 18.9 Å². The van der Waals surface area contributed by atoms with E-state index >= 15 is 0 Å². The molecule has 1 aromatic rings. The second-order valence-electron chi connectivity index (χ2n) is 4.96. The van der Waals surface area contributed by atoms with Gasteiger partial charge in [0.15, 0.2) is 5.82 Å². The maximum absolute atomic E-state index is 14.2. The van der Waals surface area contributed by atoms with Crippen LogP contribution in [-0.4, -0.2) is 32.3 Å². The van der Waals surface area contributed by atoms with E-state index in [-0.39, 0.29) is 6.54 Å². The van der Waals surface area contributed by atoms with Crippen molar-refractivity contribution in [2.75, 3.05) is 13.1 Å². The molecule has 0 unspecified atom stereocenters. The third-order valence-corrected chi connectivity index (χ3v) is 4.72. The maximum Gasteiger partial charge on any atom is 0.264 e. The highest BCUT2D eigenvalue weighted by molar-refractivity contribution is 8.13. The van der Waals surface area contributed by atoms with Crippen molar-refractivity contribution in [3.8, 4) is 0 Å². The van der Waals surface area contributed by atoms with Gasteiger partial charge in [0.05, 0.1) is 0 Å². The number of carbonyl (C=O) groups is 1. The van der Waals surface area contributed by atoms with E-state index in [1.165, 1.54) is 4.90 Å². The molecule has 0 spiro atoms. The van der Waals surface area contributed by atoms with Crippen molar-refractivity contribution >= 4 is 25.6 Å². The molecular formula is C13H14ClF2NO3S. The summed E-state index contributed by atoms with van der Waals surface area (Å²) in [6.07, 6.45) is 1.95. The van der Waals surface area contributed by atoms with E-state index in [2.05, 4.69) is 0 Å². The molecule has 0 aromatic heterocycles. The molecule has 0 N–H and O–H groups in total. The summed E-state index contributed by atoms with van der Waals surface area (Å²) < 4.78 is 50.5. The van der Waals surface area contributed by atoms with Crippen LogP contribution in [0.4, 0.5) is 8.78 Å². The van der Waals surface area contributed by atoms with Crippen molar-refractivity contribution < 1.29 is 22.0 Å². The number of halogens is 3. The monoisotopic (exact) mass is 337 g/mol. The molecule has 1 fully saturated rings. The van der Waals surface area contributed by atoms with Crippen LogP contribution in [0.3, 0.4) is 0 Å². The number of carbonyl (C=O) groups excluding carboxylic acids is 1. The highest BCUT2D eigenvalue weighted by Crippen LogP contribution is 2.31. The van der Waals surface area contributed by atoms with Crippen molar-refractivity contribution in [2.24, 2.45) is 5.92 Å². The molecule has 0 bridgehead atoms. The first-order chi connectivity index (χ1) is 9.75. The lowest BCUT2D eigenvalue weighted by Crippen LogP contribution is -2.34. The molecule has 1 aliphatic rings. The third-order valence-electron chi connectivity index (χ3n) is 3.38. The highest BCUT2D eigenvalue weighted by atomic mass is 35.7. The van der Waals surface area contributed by atoms with E-state index in [9.17, 15) is 22.0 Å². The van der Waals surface area contributed by atoms with E-state index < -0.39 is 37.1 Å². The van der Waals surface area contributed by atoms with Gasteiger partial charge in [-0.2, -0.15) is 0 Å². The smallest absolute Gasteiger partial charge is 0.264 e. The van der Waals surface area contributed by atoms with Crippen molar-refractivity contribution in [3.63, 3.8) is 0 Å². The summed E-state index contributed by atoms with van der Waals surface area (Å²) in [6, 6.07) is 1.44. The number of hydrogen-bond donors (Lipinski definition) is 0. The van der Waals surface area contributed by atoms with E-state index in [4.69, 9.17) is 10.7 Å². The fourth-order valence-electron chi connectivity index (χ4n) is 2.04. The first-order valence-corrected chi connectivity index (χ1v) is 8.78. The molecule has 1 aromatic carbocycles. The average molecular weight is 338 g/mol. The Bertz CT molecular complexity index is 674. The Morgan fingerprint density at radius 2 is 2.00 bits per heavy atom. The van der Waals surface area contributed by atoms with Gasteiger partial charge in [0.1, 0.15) is 16.3 Å². The van der Waals surface area contributed by atoms with E-state index in [1.807, 2.05) is 0 Å². The zero-order valence-electron chi connectivity index (χ0n) is 11.3. The molecule has 0 aliphatic heterocycles. The molecule has 0 heterocycles. The van der Waals surface area contributed by atoms with Crippen molar-refractivity contribution in [2.45, 2.75) is 24.7 Å². The van der Waals surface area contributed by atoms with E-state index in [1.54, 1.807) is 6.92 Å². The molecule has 116 valence electrons. The molecule has 2 rings (SSSR count). The zero-order valence-corrected chi connectivity index (χ0v) is 12.8. The number of amides is 1. The van der Waals surface area contributed by atoms with Crippen LogP contribution >= 0.6 is 10.7 Å². The van der Waals surface area contributed by atoms with Gasteiger partial charge in [-0.15, -0.1) is 0 Å². The van der Waals surface area contributed by atoms with Gasteiger partial charge in [-0.3, -0.25) is 4.79 Å². The highest BCUT2D eigenvalue weighted by Gasteiger charge is 2.31. The minimum absolute atomic E-state index is 0.284. The Morgan fingerprint density at radius 1 is 1.38 bits per heavy atom. The van der Waals surface area contributed by atoms with Gasteiger partial charge in [0, 0.05) is 23.8 Å². The second-order valence-corrected chi connectivity index (χ2v) is 7.49. The lowest BCUT2D eigenvalue weighted by atomic mass is 10.1. The van der Waals surface area contributed by atoms with Crippen molar-refractivity contribution in [1.29, 1.82) is 0 Å². The third kappa shape index (κ3) is 3.52. The molecule has 1 amide bonds. The topological polar surface area (TPSA) is 54.5 Å². The maximum atomic E-state index is 14.2. The Hall–Kier alpha value is -1.21. The summed E-state index contributed by atoms with van der Waals surface area (Å²) in [5.74, 6) is -3.05. The predicted molar refractivity (Wildman–Crippen MR) is 73.7 cm³/mol. The van der Waals surface area contributed by atoms with Gasteiger partial charge < -0.3 is 4.90 Å². The SMILES string of the molecule is CCN(CC1CC1)C(=O)c1c(F)ccc(S(=O)(=O)Cl)c1F. The number of hydrogen-bond acceptors (Lipinski definition) is 3. The number of rotatable bonds is 5. The van der Waals surface area contributed by atoms with Gasteiger partial charge in [-0.1, -0.05) is 0 Å². The Balaban J connectivity index is 2.44. The minimum atomic E-state index is -4.39. The quantitative estimate of drug-likeness (QED) is 0.776. The van der Waals surface area contributed by atoms with Crippen molar-refractivity contribution in [3.05, 3.63) is 29.3 Å². The molecule has 0 saturated heterocycles. The number of nitrogens with zero attached hydrogens (tertiary/aromatic N) is 1. The molecule has 1 aliphatic carbocycles. The Kier molecular flexibility index (Phi) is 4.53. The lowest BCUT2D eigenvalue weighted by molar-refractivity contribution is 0.0746. The molecule has 8 heteroatoms. The fraction of sp³-hybridized carbons (Fsp3) is 0.462. The van der Waals surface area contributed by atoms with Gasteiger partial charge >= 0.3 is 0 Å². The van der Waals surface area contributed by atoms with Crippen LogP contribution < -0.4 is 0 Å². The van der Waals surface area contributed by atoms with Crippen LogP contribution in [0.5, 0.6) is 0 Å². The van der Waals surface area contributed by atoms with Gasteiger partial charge in [0.2, 0.25) is 0 Å². The van der Waals surface area contributed by atoms with Crippen LogP contribution in [0.2, 0.25) is 0 Å². The molecule has 1 saturated carbocycles. The van der Waals surface area contributed by atoms with Crippen LogP contribution in [-0.2, 0) is 9.05 Å². The minimum Gasteiger partial charge on any atom is -0.338 e. The van der Waals surface area contributed by atoms with Gasteiger partial charge in [-0.25, -0.2) is 17.2 Å². The Morgan fingerprint density at radius 3 is 2.48 bits per heavy atom. The summed E-state index contributed by atoms with van der Waals surface area (Å²) in [7, 11) is 0.696. The first-order valence-electron chi connectivity index (χ1n) is 6.47. The largest absolute Gasteiger partial charge is 0.338 e. The van der Waals surface area contributed by atoms with Crippen molar-refractivity contribution in [1.82, 2.24) is 4.90 Å². The van der Waals surface area contributed by atoms with Gasteiger partial charge in [0.25, 0.3) is 15.0 Å². The summed E-state index contributed by atoms with van der Waals surface area (Å²) in [4.78, 5) is 12.7. The summed E-state index contributed by atoms with van der Waals surface area (Å²) in [6.45, 7) is 2.39. The number of benzene rings is 1. The summed E-state index contributed by atoms with van der Waals surface area (Å²) >= 11 is 0. The van der Waals surface area contributed by atoms with Crippen LogP contribution in [0, 0.1) is 17.6 Å². The normalized spacial score (nSPS) is 15.0. The van der Waals surface area contributed by atoms with Crippen LogP contribution in [0.25, 0.3) is 0 Å². The first kappa shape index (κ1) is 16.2. The van der Waals surface area contributed by atoms with Crippen LogP contribution in [0.15, 0.2) is 17.0 Å². The lowest BCUT2D eigenvalue weighted by Gasteiger charge is -2.21. The summed E-state index contributed by atoms with van der Waals surface area (Å²) in [5, 5.41) is 0. The molecule has 0 atom stereocenters. The standard InChI is InChI=1S/C13H14ClF2NO3S/c1-2-17(7-8-3-4-8)13(18)11-9(15)5-6-10(12(11)16)21(14,19)20/h5-6,8H,2-4,7H2,1H3. The fourth-order valence-corrected chi connectivity index (χ4v) is 2.95. The molecule has 21 heavy (non-hydrogen) atoms. The molecule has 4 nitrogen and oxygen atoms in total. The van der Waals surface area contributed by atoms with Crippen LogP contribution in [0.1, 0.15) is 30.1 Å².